The van der Waals surface area contributed by atoms with Crippen molar-refractivity contribution < 1.29 is 27.8 Å². The molecule has 1 aromatic carbocycles. The lowest BCUT2D eigenvalue weighted by Gasteiger charge is -2.35. The first-order valence-electron chi connectivity index (χ1n) is 11.7. The van der Waals surface area contributed by atoms with Crippen molar-refractivity contribution in [1.82, 2.24) is 24.2 Å². The van der Waals surface area contributed by atoms with E-state index in [1.165, 1.54) is 30.6 Å². The van der Waals surface area contributed by atoms with Gasteiger partial charge in [0.05, 0.1) is 43.6 Å². The van der Waals surface area contributed by atoms with Crippen LogP contribution in [-0.4, -0.2) is 89.6 Å². The lowest BCUT2D eigenvalue weighted by molar-refractivity contribution is -0.136. The third-order valence-corrected chi connectivity index (χ3v) is 8.09. The van der Waals surface area contributed by atoms with Crippen LogP contribution in [0.15, 0.2) is 35.4 Å². The summed E-state index contributed by atoms with van der Waals surface area (Å²) < 4.78 is 40.6. The second kappa shape index (κ2) is 11.9. The van der Waals surface area contributed by atoms with E-state index in [0.29, 0.717) is 37.4 Å². The summed E-state index contributed by atoms with van der Waals surface area (Å²) in [7, 11) is -0.762. The van der Waals surface area contributed by atoms with Crippen molar-refractivity contribution in [3.05, 3.63) is 36.2 Å². The molecule has 1 aliphatic rings. The molecule has 3 atom stereocenters. The van der Waals surface area contributed by atoms with Crippen LogP contribution < -0.4 is 4.74 Å². The van der Waals surface area contributed by atoms with Crippen molar-refractivity contribution in [3.63, 3.8) is 0 Å². The van der Waals surface area contributed by atoms with Gasteiger partial charge >= 0.3 is 0 Å². The zero-order chi connectivity index (χ0) is 25.6. The number of hydrogen-bond donors (Lipinski definition) is 1. The number of fused-ring (bicyclic) bond motifs is 2. The molecule has 35 heavy (non-hydrogen) atoms. The van der Waals surface area contributed by atoms with Crippen molar-refractivity contribution in [1.29, 1.82) is 0 Å². The van der Waals surface area contributed by atoms with Crippen LogP contribution in [0.1, 0.15) is 32.4 Å². The molecule has 0 radical (unpaired) electrons. The third-order valence-electron chi connectivity index (χ3n) is 6.25. The second-order valence-corrected chi connectivity index (χ2v) is 11.0. The Hall–Kier alpha value is -2.54. The number of ether oxygens (including phenoxy) is 2. The summed E-state index contributed by atoms with van der Waals surface area (Å²) in [4.78, 5) is 14.8. The Balaban J connectivity index is 1.84. The van der Waals surface area contributed by atoms with Gasteiger partial charge in [-0.1, -0.05) is 12.1 Å². The normalized spacial score (nSPS) is 21.2. The SMILES string of the molecule is COc1ccc(S(=O)(=O)N(C)C[C@@H]2OCc3cn(nn3)CCCC(=O)N([C@@H](C)CO)C[C@H]2C)cc1. The number of benzene rings is 1. The highest BCUT2D eigenvalue weighted by Gasteiger charge is 2.31. The number of rotatable bonds is 7. The molecule has 1 N–H and O–H groups in total. The first kappa shape index (κ1) is 27.1. The zero-order valence-electron chi connectivity index (χ0n) is 20.7. The van der Waals surface area contributed by atoms with Crippen LogP contribution in [0.3, 0.4) is 0 Å². The summed E-state index contributed by atoms with van der Waals surface area (Å²) in [6.07, 6.45) is 2.14. The Kier molecular flexibility index (Phi) is 9.22. The van der Waals surface area contributed by atoms with Gasteiger partial charge in [0.15, 0.2) is 0 Å². The fourth-order valence-corrected chi connectivity index (χ4v) is 5.16. The van der Waals surface area contributed by atoms with Crippen LogP contribution in [0.25, 0.3) is 0 Å². The maximum atomic E-state index is 13.2. The van der Waals surface area contributed by atoms with Gasteiger partial charge in [0.25, 0.3) is 0 Å². The number of aliphatic hydroxyl groups excluding tert-OH is 1. The molecule has 1 amide bonds. The number of amides is 1. The number of carbonyl (C=O) groups excluding carboxylic acids is 1. The lowest BCUT2D eigenvalue weighted by Crippen LogP contribution is -2.47. The maximum Gasteiger partial charge on any atom is 0.242 e. The van der Waals surface area contributed by atoms with Gasteiger partial charge in [-0.25, -0.2) is 8.42 Å². The van der Waals surface area contributed by atoms with E-state index in [-0.39, 0.29) is 42.5 Å². The maximum absolute atomic E-state index is 13.2. The molecule has 1 aromatic heterocycles. The van der Waals surface area contributed by atoms with Crippen LogP contribution >= 0.6 is 0 Å². The van der Waals surface area contributed by atoms with Gasteiger partial charge in [-0.15, -0.1) is 5.10 Å². The summed E-state index contributed by atoms with van der Waals surface area (Å²) in [6, 6.07) is 5.83. The van der Waals surface area contributed by atoms with Crippen LogP contribution in [0.4, 0.5) is 0 Å². The number of aliphatic hydroxyl groups is 1. The number of methoxy groups -OCH3 is 1. The van der Waals surface area contributed by atoms with E-state index in [9.17, 15) is 18.3 Å². The zero-order valence-corrected chi connectivity index (χ0v) is 21.5. The molecule has 2 heterocycles. The largest absolute Gasteiger partial charge is 0.497 e. The molecular formula is C23H35N5O6S. The van der Waals surface area contributed by atoms with Gasteiger partial charge < -0.3 is 19.5 Å². The van der Waals surface area contributed by atoms with Crippen LogP contribution in [0, 0.1) is 5.92 Å². The molecule has 0 saturated heterocycles. The number of carbonyl (C=O) groups is 1. The van der Waals surface area contributed by atoms with Gasteiger partial charge in [-0.05, 0) is 37.6 Å². The van der Waals surface area contributed by atoms with Gasteiger partial charge in [0.1, 0.15) is 11.4 Å². The van der Waals surface area contributed by atoms with Crippen molar-refractivity contribution in [2.45, 2.75) is 56.9 Å². The van der Waals surface area contributed by atoms with Gasteiger partial charge in [0.2, 0.25) is 15.9 Å². The highest BCUT2D eigenvalue weighted by Crippen LogP contribution is 2.22. The van der Waals surface area contributed by atoms with E-state index < -0.39 is 16.1 Å². The van der Waals surface area contributed by atoms with Crippen molar-refractivity contribution in [2.75, 3.05) is 33.9 Å². The minimum absolute atomic E-state index is 0.0687. The van der Waals surface area contributed by atoms with E-state index in [4.69, 9.17) is 9.47 Å². The summed E-state index contributed by atoms with van der Waals surface area (Å²) in [6.45, 7) is 4.64. The fraction of sp³-hybridized carbons (Fsp3) is 0.609. The van der Waals surface area contributed by atoms with E-state index in [0.717, 1.165) is 0 Å². The van der Waals surface area contributed by atoms with Crippen molar-refractivity contribution in [2.24, 2.45) is 5.92 Å². The molecule has 2 bridgehead atoms. The Labute approximate surface area is 206 Å². The molecule has 194 valence electrons. The number of nitrogens with zero attached hydrogens (tertiary/aromatic N) is 5. The fourth-order valence-electron chi connectivity index (χ4n) is 3.97. The van der Waals surface area contributed by atoms with E-state index in [1.54, 1.807) is 34.8 Å². The topological polar surface area (TPSA) is 127 Å². The quantitative estimate of drug-likeness (QED) is 0.589. The van der Waals surface area contributed by atoms with Gasteiger partial charge in [0, 0.05) is 39.0 Å². The molecule has 0 spiro atoms. The van der Waals surface area contributed by atoms with Crippen LogP contribution in [0.2, 0.25) is 0 Å². The van der Waals surface area contributed by atoms with Crippen molar-refractivity contribution >= 4 is 15.9 Å². The first-order valence-corrected chi connectivity index (χ1v) is 13.1. The highest BCUT2D eigenvalue weighted by molar-refractivity contribution is 7.89. The molecule has 11 nitrogen and oxygen atoms in total. The molecule has 0 saturated carbocycles. The number of aromatic nitrogens is 3. The molecule has 1 aliphatic heterocycles. The smallest absolute Gasteiger partial charge is 0.242 e. The lowest BCUT2D eigenvalue weighted by atomic mass is 10.0. The average molecular weight is 510 g/mol. The van der Waals surface area contributed by atoms with E-state index in [1.807, 2.05) is 6.92 Å². The number of sulfonamides is 1. The standard InChI is InChI=1S/C23H35N5O6S/c1-17-12-28(18(2)15-29)23(30)6-5-11-27-13-19(24-25-27)16-34-22(17)14-26(3)35(31,32)21-9-7-20(33-4)8-10-21/h7-10,13,17-18,22,29H,5-6,11-12,14-16H2,1-4H3/t17-,18+,22+/m1/s1. The third kappa shape index (κ3) is 6.78. The number of hydrogen-bond acceptors (Lipinski definition) is 8. The Morgan fingerprint density at radius 1 is 1.31 bits per heavy atom. The molecule has 3 rings (SSSR count). The Morgan fingerprint density at radius 2 is 2.03 bits per heavy atom. The molecule has 12 heteroatoms. The molecule has 2 aromatic rings. The van der Waals surface area contributed by atoms with Crippen molar-refractivity contribution in [3.8, 4) is 5.75 Å². The Bertz CT molecular complexity index is 1070. The molecule has 0 fully saturated rings. The molecule has 0 aliphatic carbocycles. The summed E-state index contributed by atoms with van der Waals surface area (Å²) in [5, 5.41) is 17.9. The minimum atomic E-state index is -3.79. The number of aryl methyl sites for hydroxylation is 1. The predicted molar refractivity (Wildman–Crippen MR) is 128 cm³/mol. The molecule has 0 unspecified atom stereocenters. The summed E-state index contributed by atoms with van der Waals surface area (Å²) >= 11 is 0. The summed E-state index contributed by atoms with van der Waals surface area (Å²) in [5.41, 5.74) is 0.633. The second-order valence-electron chi connectivity index (χ2n) is 8.94. The first-order chi connectivity index (χ1) is 16.6. The predicted octanol–water partition coefficient (Wildman–Crippen LogP) is 1.13. The van der Waals surface area contributed by atoms with Gasteiger partial charge in [-0.3, -0.25) is 9.48 Å². The van der Waals surface area contributed by atoms with Crippen LogP contribution in [0.5, 0.6) is 5.75 Å². The van der Waals surface area contributed by atoms with E-state index in [2.05, 4.69) is 10.3 Å². The van der Waals surface area contributed by atoms with E-state index >= 15 is 0 Å². The minimum Gasteiger partial charge on any atom is -0.497 e. The monoisotopic (exact) mass is 509 g/mol. The van der Waals surface area contributed by atoms with Crippen LogP contribution in [-0.2, 0) is 32.7 Å². The summed E-state index contributed by atoms with van der Waals surface area (Å²) in [5.74, 6) is 0.266. The highest BCUT2D eigenvalue weighted by atomic mass is 32.2. The van der Waals surface area contributed by atoms with Gasteiger partial charge in [-0.2, -0.15) is 4.31 Å². The molecular weight excluding hydrogens is 474 g/mol. The average Bonchev–Trinajstić information content (AvgIpc) is 3.31. The Morgan fingerprint density at radius 3 is 2.69 bits per heavy atom. The number of likely N-dealkylation sites (N-methyl/N-ethyl adjacent to an activating group) is 1.